The van der Waals surface area contributed by atoms with Crippen LogP contribution in [0.5, 0.6) is 0 Å². The van der Waals surface area contributed by atoms with E-state index < -0.39 is 0 Å². The summed E-state index contributed by atoms with van der Waals surface area (Å²) < 4.78 is 0. The first-order chi connectivity index (χ1) is 7.24. The molecule has 2 heteroatoms. The summed E-state index contributed by atoms with van der Waals surface area (Å²) >= 11 is 0. The van der Waals surface area contributed by atoms with Crippen LogP contribution in [-0.2, 0) is 0 Å². The molecular formula is C13H10O2. The van der Waals surface area contributed by atoms with Gasteiger partial charge in [0.05, 0.1) is 0 Å². The van der Waals surface area contributed by atoms with Crippen LogP contribution in [0.15, 0.2) is 48.1 Å². The molecule has 0 radical (unpaired) electrons. The van der Waals surface area contributed by atoms with Gasteiger partial charge >= 0.3 is 0 Å². The van der Waals surface area contributed by atoms with Gasteiger partial charge < -0.3 is 0 Å². The lowest BCUT2D eigenvalue weighted by atomic mass is 9.89. The van der Waals surface area contributed by atoms with E-state index in [1.54, 1.807) is 36.4 Å². The monoisotopic (exact) mass is 198 g/mol. The van der Waals surface area contributed by atoms with Crippen molar-refractivity contribution < 1.29 is 9.59 Å². The van der Waals surface area contributed by atoms with E-state index in [1.807, 2.05) is 6.92 Å². The lowest BCUT2D eigenvalue weighted by molar-refractivity contribution is 0.0987. The van der Waals surface area contributed by atoms with E-state index in [-0.39, 0.29) is 11.6 Å². The van der Waals surface area contributed by atoms with Gasteiger partial charge in [-0.3, -0.25) is 9.59 Å². The van der Waals surface area contributed by atoms with Crippen molar-refractivity contribution in [1.29, 1.82) is 0 Å². The van der Waals surface area contributed by atoms with Gasteiger partial charge in [0.15, 0.2) is 11.6 Å². The topological polar surface area (TPSA) is 34.1 Å². The van der Waals surface area contributed by atoms with Gasteiger partial charge in [0, 0.05) is 16.7 Å². The van der Waals surface area contributed by atoms with Gasteiger partial charge in [-0.15, -0.1) is 0 Å². The number of benzene rings is 1. The number of carbonyl (C=O) groups is 2. The van der Waals surface area contributed by atoms with Gasteiger partial charge in [-0.05, 0) is 13.0 Å². The van der Waals surface area contributed by atoms with Gasteiger partial charge in [0.25, 0.3) is 0 Å². The van der Waals surface area contributed by atoms with Crippen molar-refractivity contribution in [2.75, 3.05) is 0 Å². The molecule has 2 rings (SSSR count). The van der Waals surface area contributed by atoms with Gasteiger partial charge in [-0.1, -0.05) is 36.4 Å². The molecule has 0 amide bonds. The van der Waals surface area contributed by atoms with Crippen LogP contribution in [0, 0.1) is 0 Å². The Morgan fingerprint density at radius 1 is 1.07 bits per heavy atom. The molecule has 1 aromatic carbocycles. The second-order valence-electron chi connectivity index (χ2n) is 3.34. The van der Waals surface area contributed by atoms with E-state index in [9.17, 15) is 9.59 Å². The van der Waals surface area contributed by atoms with Crippen LogP contribution in [0.25, 0.3) is 0 Å². The Morgan fingerprint density at radius 3 is 2.40 bits per heavy atom. The summed E-state index contributed by atoms with van der Waals surface area (Å²) in [5.74, 6) is -0.179. The van der Waals surface area contributed by atoms with Crippen LogP contribution in [0.2, 0.25) is 0 Å². The Morgan fingerprint density at radius 2 is 1.73 bits per heavy atom. The molecule has 0 bridgehead atoms. The highest BCUT2D eigenvalue weighted by molar-refractivity contribution is 6.25. The second kappa shape index (κ2) is 3.65. The Hall–Kier alpha value is -1.96. The number of fused-ring (bicyclic) bond motifs is 1. The smallest absolute Gasteiger partial charge is 0.193 e. The molecule has 2 nitrogen and oxygen atoms in total. The minimum atomic E-state index is -0.0988. The molecule has 0 heterocycles. The van der Waals surface area contributed by atoms with Gasteiger partial charge in [-0.25, -0.2) is 0 Å². The Bertz CT molecular complexity index is 493. The summed E-state index contributed by atoms with van der Waals surface area (Å²) in [5, 5.41) is 0. The second-order valence-corrected chi connectivity index (χ2v) is 3.34. The molecule has 0 saturated carbocycles. The number of Topliss-reactive ketones (excluding diaryl/α,β-unsaturated/α-hetero) is 1. The molecule has 0 saturated heterocycles. The fourth-order valence-electron chi connectivity index (χ4n) is 1.64. The van der Waals surface area contributed by atoms with Crippen molar-refractivity contribution in [1.82, 2.24) is 0 Å². The number of ketones is 2. The predicted octanol–water partition coefficient (Wildman–Crippen LogP) is 2.57. The Balaban J connectivity index is 2.58. The molecule has 0 fully saturated rings. The first-order valence-corrected chi connectivity index (χ1v) is 4.76. The van der Waals surface area contributed by atoms with Crippen molar-refractivity contribution in [3.63, 3.8) is 0 Å². The fourth-order valence-corrected chi connectivity index (χ4v) is 1.64. The Labute approximate surface area is 87.9 Å². The molecule has 0 atom stereocenters. The molecule has 0 unspecified atom stereocenters. The lowest BCUT2D eigenvalue weighted by Gasteiger charge is -2.11. The Kier molecular flexibility index (Phi) is 2.34. The molecular weight excluding hydrogens is 188 g/mol. The number of hydrogen-bond donors (Lipinski definition) is 0. The first kappa shape index (κ1) is 9.59. The average molecular weight is 198 g/mol. The zero-order chi connectivity index (χ0) is 10.8. The van der Waals surface area contributed by atoms with Gasteiger partial charge in [0.2, 0.25) is 0 Å². The number of rotatable bonds is 1. The summed E-state index contributed by atoms with van der Waals surface area (Å²) in [6, 6.07) is 6.89. The largest absolute Gasteiger partial charge is 0.289 e. The molecule has 0 spiro atoms. The maximum Gasteiger partial charge on any atom is 0.193 e. The summed E-state index contributed by atoms with van der Waals surface area (Å²) in [4.78, 5) is 23.5. The maximum atomic E-state index is 11.9. The average Bonchev–Trinajstić information content (AvgIpc) is 2.26. The number of hydrogen-bond acceptors (Lipinski definition) is 2. The van der Waals surface area contributed by atoms with E-state index in [0.717, 1.165) is 0 Å². The third-order valence-electron chi connectivity index (χ3n) is 2.33. The quantitative estimate of drug-likeness (QED) is 0.695. The third kappa shape index (κ3) is 1.54. The predicted molar refractivity (Wildman–Crippen MR) is 58.0 cm³/mol. The van der Waals surface area contributed by atoms with Crippen LogP contribution in [0.3, 0.4) is 0 Å². The lowest BCUT2D eigenvalue weighted by Crippen LogP contribution is -2.15. The van der Waals surface area contributed by atoms with Crippen molar-refractivity contribution in [2.45, 2.75) is 6.92 Å². The van der Waals surface area contributed by atoms with Crippen LogP contribution < -0.4 is 0 Å². The zero-order valence-electron chi connectivity index (χ0n) is 8.36. The molecule has 0 N–H and O–H groups in total. The standard InChI is InChI=1S/C13H10O2/c1-2-5-9-8-12(14)10-6-3-4-7-11(10)13(9)15/h2-8H,1H3. The third-order valence-corrected chi connectivity index (χ3v) is 2.33. The minimum absolute atomic E-state index is 0.0803. The molecule has 0 aromatic heterocycles. The van der Waals surface area contributed by atoms with E-state index in [0.29, 0.717) is 16.7 Å². The van der Waals surface area contributed by atoms with E-state index in [2.05, 4.69) is 0 Å². The molecule has 74 valence electrons. The highest BCUT2D eigenvalue weighted by Gasteiger charge is 2.22. The SMILES string of the molecule is CC=CC1=CC(=O)c2ccccc2C1=O. The van der Waals surface area contributed by atoms with Gasteiger partial charge in [0.1, 0.15) is 0 Å². The zero-order valence-corrected chi connectivity index (χ0v) is 8.36. The van der Waals surface area contributed by atoms with E-state index >= 15 is 0 Å². The van der Waals surface area contributed by atoms with E-state index in [4.69, 9.17) is 0 Å². The van der Waals surface area contributed by atoms with Crippen LogP contribution in [-0.4, -0.2) is 11.6 Å². The highest BCUT2D eigenvalue weighted by atomic mass is 16.1. The summed E-state index contributed by atoms with van der Waals surface area (Å²) in [6.07, 6.45) is 4.81. The highest BCUT2D eigenvalue weighted by Crippen LogP contribution is 2.21. The normalized spacial score (nSPS) is 15.4. The van der Waals surface area contributed by atoms with Crippen molar-refractivity contribution in [3.05, 3.63) is 59.2 Å². The molecule has 1 aromatic rings. The van der Waals surface area contributed by atoms with Crippen molar-refractivity contribution >= 4 is 11.6 Å². The van der Waals surface area contributed by atoms with Crippen LogP contribution in [0.4, 0.5) is 0 Å². The maximum absolute atomic E-state index is 11.9. The number of allylic oxidation sites excluding steroid dienone is 4. The molecule has 1 aliphatic rings. The number of carbonyl (C=O) groups excluding carboxylic acids is 2. The van der Waals surface area contributed by atoms with E-state index in [1.165, 1.54) is 6.08 Å². The van der Waals surface area contributed by atoms with Gasteiger partial charge in [-0.2, -0.15) is 0 Å². The summed E-state index contributed by atoms with van der Waals surface area (Å²) in [7, 11) is 0. The van der Waals surface area contributed by atoms with Crippen LogP contribution in [0.1, 0.15) is 27.6 Å². The summed E-state index contributed by atoms with van der Waals surface area (Å²) in [6.45, 7) is 1.82. The molecule has 15 heavy (non-hydrogen) atoms. The summed E-state index contributed by atoms with van der Waals surface area (Å²) in [5.41, 5.74) is 1.45. The van der Waals surface area contributed by atoms with Crippen LogP contribution >= 0.6 is 0 Å². The van der Waals surface area contributed by atoms with Crippen molar-refractivity contribution in [3.8, 4) is 0 Å². The molecule has 0 aliphatic heterocycles. The molecule has 1 aliphatic carbocycles. The fraction of sp³-hybridized carbons (Fsp3) is 0.0769. The minimum Gasteiger partial charge on any atom is -0.289 e. The first-order valence-electron chi connectivity index (χ1n) is 4.76. The van der Waals surface area contributed by atoms with Crippen molar-refractivity contribution in [2.24, 2.45) is 0 Å².